The molecule has 45 heavy (non-hydrogen) atoms. The average molecular weight is 681 g/mol. The SMILES string of the molecule is CCOc1ccc(N(CC(=O)N(Cc2ccc(Cl)c(Cl)c2)C(C)C(=O)NC(C)CC)S(=O)(=O)c2ccc(OC)c(OC)c2)cc1. The number of nitrogens with one attached hydrogen (secondary N) is 1. The highest BCUT2D eigenvalue weighted by Crippen LogP contribution is 2.33. The monoisotopic (exact) mass is 679 g/mol. The Hall–Kier alpha value is -3.67. The van der Waals surface area contributed by atoms with E-state index in [1.165, 1.54) is 37.3 Å². The van der Waals surface area contributed by atoms with Gasteiger partial charge < -0.3 is 24.4 Å². The van der Waals surface area contributed by atoms with E-state index in [9.17, 15) is 18.0 Å². The number of sulfonamides is 1. The maximum Gasteiger partial charge on any atom is 0.264 e. The molecule has 1 N–H and O–H groups in total. The molecule has 0 fully saturated rings. The molecule has 0 aromatic heterocycles. The van der Waals surface area contributed by atoms with Gasteiger partial charge in [0.05, 0.1) is 41.5 Å². The number of methoxy groups -OCH3 is 2. The maximum atomic E-state index is 14.2. The first-order chi connectivity index (χ1) is 21.4. The summed E-state index contributed by atoms with van der Waals surface area (Å²) in [5, 5.41) is 3.52. The van der Waals surface area contributed by atoms with E-state index >= 15 is 0 Å². The topological polar surface area (TPSA) is 114 Å². The largest absolute Gasteiger partial charge is 0.494 e. The number of carbonyl (C=O) groups is 2. The van der Waals surface area contributed by atoms with Crippen LogP contribution in [0.15, 0.2) is 65.6 Å². The third-order valence-corrected chi connectivity index (χ3v) is 9.67. The molecule has 3 rings (SSSR count). The van der Waals surface area contributed by atoms with Crippen LogP contribution in [0.5, 0.6) is 17.2 Å². The number of anilines is 1. The number of nitrogens with zero attached hydrogens (tertiary/aromatic N) is 2. The Labute approximate surface area is 275 Å². The molecule has 0 heterocycles. The molecule has 0 saturated heterocycles. The highest BCUT2D eigenvalue weighted by Gasteiger charge is 2.33. The lowest BCUT2D eigenvalue weighted by Gasteiger charge is -2.32. The summed E-state index contributed by atoms with van der Waals surface area (Å²) in [5.41, 5.74) is 0.823. The fourth-order valence-corrected chi connectivity index (χ4v) is 6.14. The molecule has 0 spiro atoms. The molecule has 0 saturated carbocycles. The number of ether oxygens (including phenoxy) is 3. The molecule has 3 aromatic carbocycles. The Balaban J connectivity index is 2.09. The molecule has 0 bridgehead atoms. The van der Waals surface area contributed by atoms with Crippen molar-refractivity contribution in [3.63, 3.8) is 0 Å². The summed E-state index contributed by atoms with van der Waals surface area (Å²) >= 11 is 12.4. The zero-order valence-corrected chi connectivity index (χ0v) is 28.5. The van der Waals surface area contributed by atoms with E-state index in [-0.39, 0.29) is 39.8 Å². The summed E-state index contributed by atoms with van der Waals surface area (Å²) in [6, 6.07) is 14.3. The van der Waals surface area contributed by atoms with E-state index in [0.717, 1.165) is 4.31 Å². The predicted octanol–water partition coefficient (Wildman–Crippen LogP) is 5.94. The van der Waals surface area contributed by atoms with Gasteiger partial charge in [-0.1, -0.05) is 36.2 Å². The quantitative estimate of drug-likeness (QED) is 0.212. The second-order valence-electron chi connectivity index (χ2n) is 10.2. The van der Waals surface area contributed by atoms with Crippen LogP contribution in [0.2, 0.25) is 10.0 Å². The van der Waals surface area contributed by atoms with Crippen LogP contribution < -0.4 is 23.8 Å². The Bertz CT molecular complexity index is 1590. The highest BCUT2D eigenvalue weighted by atomic mass is 35.5. The number of benzene rings is 3. The lowest BCUT2D eigenvalue weighted by Crippen LogP contribution is -2.52. The van der Waals surface area contributed by atoms with Gasteiger partial charge >= 0.3 is 0 Å². The first kappa shape index (κ1) is 35.8. The van der Waals surface area contributed by atoms with Crippen LogP contribution in [0.1, 0.15) is 39.7 Å². The average Bonchev–Trinajstić information content (AvgIpc) is 3.03. The Morgan fingerprint density at radius 1 is 0.889 bits per heavy atom. The third kappa shape index (κ3) is 8.96. The smallest absolute Gasteiger partial charge is 0.264 e. The Morgan fingerprint density at radius 2 is 1.56 bits per heavy atom. The molecule has 0 aliphatic heterocycles. The molecule has 3 aromatic rings. The summed E-state index contributed by atoms with van der Waals surface area (Å²) in [6.45, 7) is 7.00. The third-order valence-electron chi connectivity index (χ3n) is 7.16. The van der Waals surface area contributed by atoms with E-state index in [2.05, 4.69) is 5.32 Å². The van der Waals surface area contributed by atoms with Crippen molar-refractivity contribution in [1.29, 1.82) is 0 Å². The zero-order valence-electron chi connectivity index (χ0n) is 26.2. The van der Waals surface area contributed by atoms with Crippen molar-refractivity contribution < 1.29 is 32.2 Å². The van der Waals surface area contributed by atoms with Gasteiger partial charge in [-0.2, -0.15) is 0 Å². The van der Waals surface area contributed by atoms with Crippen molar-refractivity contribution in [3.05, 3.63) is 76.3 Å². The van der Waals surface area contributed by atoms with Crippen LogP contribution in [-0.4, -0.2) is 64.6 Å². The van der Waals surface area contributed by atoms with Gasteiger partial charge in [0, 0.05) is 18.7 Å². The second-order valence-corrected chi connectivity index (χ2v) is 12.9. The number of carbonyl (C=O) groups excluding carboxylic acids is 2. The molecular weight excluding hydrogens is 641 g/mol. The van der Waals surface area contributed by atoms with Crippen LogP contribution in [0, 0.1) is 0 Å². The van der Waals surface area contributed by atoms with E-state index < -0.39 is 28.5 Å². The van der Waals surface area contributed by atoms with E-state index in [0.29, 0.717) is 35.1 Å². The lowest BCUT2D eigenvalue weighted by atomic mass is 10.1. The maximum absolute atomic E-state index is 14.2. The minimum Gasteiger partial charge on any atom is -0.494 e. The fourth-order valence-electron chi connectivity index (χ4n) is 4.39. The highest BCUT2D eigenvalue weighted by molar-refractivity contribution is 7.92. The summed E-state index contributed by atoms with van der Waals surface area (Å²) in [5.74, 6) is 0.0776. The van der Waals surface area contributed by atoms with Crippen LogP contribution in [0.4, 0.5) is 5.69 Å². The molecule has 244 valence electrons. The van der Waals surface area contributed by atoms with Gasteiger partial charge in [0.2, 0.25) is 11.8 Å². The molecule has 0 aliphatic rings. The minimum atomic E-state index is -4.35. The summed E-state index contributed by atoms with van der Waals surface area (Å²) in [7, 11) is -1.51. The number of amides is 2. The van der Waals surface area contributed by atoms with Gasteiger partial charge in [-0.3, -0.25) is 13.9 Å². The van der Waals surface area contributed by atoms with Gasteiger partial charge in [-0.05, 0) is 81.3 Å². The van der Waals surface area contributed by atoms with E-state index in [1.54, 1.807) is 49.4 Å². The van der Waals surface area contributed by atoms with Gasteiger partial charge in [0.25, 0.3) is 10.0 Å². The number of rotatable bonds is 15. The van der Waals surface area contributed by atoms with Crippen molar-refractivity contribution in [2.45, 2.75) is 57.6 Å². The van der Waals surface area contributed by atoms with Gasteiger partial charge in [-0.25, -0.2) is 8.42 Å². The molecule has 10 nitrogen and oxygen atoms in total. The standard InChI is InChI=1S/C32H39Cl2N3O7S/c1-7-21(3)35-32(39)22(4)36(19-23-9-15-27(33)28(34)17-23)31(38)20-37(24-10-12-25(13-11-24)44-8-2)45(40,41)26-14-16-29(42-5)30(18-26)43-6/h9-18,21-22H,7-8,19-20H2,1-6H3,(H,35,39). The molecule has 2 unspecified atom stereocenters. The van der Waals surface area contributed by atoms with E-state index in [4.69, 9.17) is 37.4 Å². The van der Waals surface area contributed by atoms with Crippen molar-refractivity contribution in [1.82, 2.24) is 10.2 Å². The molecule has 2 amide bonds. The Kier molecular flexibility index (Phi) is 12.8. The van der Waals surface area contributed by atoms with Crippen molar-refractivity contribution in [3.8, 4) is 17.2 Å². The number of hydrogen-bond acceptors (Lipinski definition) is 7. The van der Waals surface area contributed by atoms with Gasteiger partial charge in [0.1, 0.15) is 18.3 Å². The summed E-state index contributed by atoms with van der Waals surface area (Å²) in [6.07, 6.45) is 0.689. The first-order valence-electron chi connectivity index (χ1n) is 14.4. The first-order valence-corrected chi connectivity index (χ1v) is 16.6. The van der Waals surface area contributed by atoms with Gasteiger partial charge in [0.15, 0.2) is 11.5 Å². The normalized spacial score (nSPS) is 12.5. The van der Waals surface area contributed by atoms with Crippen LogP contribution >= 0.6 is 23.2 Å². The lowest BCUT2D eigenvalue weighted by molar-refractivity contribution is -0.139. The predicted molar refractivity (Wildman–Crippen MR) is 176 cm³/mol. The molecule has 0 radical (unpaired) electrons. The number of hydrogen-bond donors (Lipinski definition) is 1. The molecular formula is C32H39Cl2N3O7S. The van der Waals surface area contributed by atoms with Crippen LogP contribution in [0.3, 0.4) is 0 Å². The molecule has 0 aliphatic carbocycles. The summed E-state index contributed by atoms with van der Waals surface area (Å²) < 4.78 is 45.6. The van der Waals surface area contributed by atoms with Gasteiger partial charge in [-0.15, -0.1) is 0 Å². The summed E-state index contributed by atoms with van der Waals surface area (Å²) in [4.78, 5) is 28.6. The van der Waals surface area contributed by atoms with Crippen molar-refractivity contribution >= 4 is 50.7 Å². The molecule has 13 heteroatoms. The van der Waals surface area contributed by atoms with Crippen LogP contribution in [0.25, 0.3) is 0 Å². The van der Waals surface area contributed by atoms with Crippen LogP contribution in [-0.2, 0) is 26.2 Å². The van der Waals surface area contributed by atoms with Crippen molar-refractivity contribution in [2.24, 2.45) is 0 Å². The zero-order chi connectivity index (χ0) is 33.3. The Morgan fingerprint density at radius 3 is 2.13 bits per heavy atom. The number of halogens is 2. The second kappa shape index (κ2) is 16.1. The van der Waals surface area contributed by atoms with Crippen molar-refractivity contribution in [2.75, 3.05) is 31.7 Å². The van der Waals surface area contributed by atoms with E-state index in [1.807, 2.05) is 20.8 Å². The fraction of sp³-hybridized carbons (Fsp3) is 0.375. The minimum absolute atomic E-state index is 0.0294. The molecule has 2 atom stereocenters.